The second-order valence-electron chi connectivity index (χ2n) is 10.9. The number of hydrogen-bond acceptors (Lipinski definition) is 6. The van der Waals surface area contributed by atoms with Gasteiger partial charge in [-0.3, -0.25) is 9.59 Å². The molecule has 0 rings (SSSR count). The van der Waals surface area contributed by atoms with Crippen molar-refractivity contribution in [3.63, 3.8) is 0 Å². The van der Waals surface area contributed by atoms with E-state index in [-0.39, 0.29) is 33.9 Å². The van der Waals surface area contributed by atoms with Gasteiger partial charge in [-0.2, -0.15) is 0 Å². The Morgan fingerprint density at radius 3 is 0.828 bits per heavy atom. The van der Waals surface area contributed by atoms with Crippen molar-refractivity contribution in [3.8, 4) is 0 Å². The van der Waals surface area contributed by atoms with Gasteiger partial charge in [0.1, 0.15) is 11.5 Å². The van der Waals surface area contributed by atoms with Gasteiger partial charge in [0.2, 0.25) is 0 Å². The number of hydrogen-bond donors (Lipinski definition) is 2. The Morgan fingerprint density at radius 1 is 0.552 bits per heavy atom. The summed E-state index contributed by atoms with van der Waals surface area (Å²) in [5.74, 6) is 0.208. The van der Waals surface area contributed by atoms with E-state index in [1.54, 1.807) is 0 Å². The third kappa shape index (κ3) is 17.3. The summed E-state index contributed by atoms with van der Waals surface area (Å²) in [7, 11) is 0. The molecule has 0 aromatic heterocycles. The van der Waals surface area contributed by atoms with Crippen LogP contribution in [0.3, 0.4) is 0 Å². The average Bonchev–Trinajstić information content (AvgIpc) is 2.44. The number of aliphatic hydroxyl groups excluding tert-OH is 2. The molecule has 0 radical (unpaired) electrons. The second-order valence-corrected chi connectivity index (χ2v) is 11.2. The van der Waals surface area contributed by atoms with Crippen molar-refractivity contribution in [2.24, 2.45) is 21.7 Å². The fourth-order valence-electron chi connectivity index (χ4n) is 1.11. The zero-order valence-electron chi connectivity index (χ0n) is 20.1. The molecule has 0 aliphatic carbocycles. The molecule has 0 spiro atoms. The van der Waals surface area contributed by atoms with Gasteiger partial charge in [-0.15, -0.1) is 0 Å². The van der Waals surface area contributed by atoms with E-state index in [1.165, 1.54) is 12.2 Å². The van der Waals surface area contributed by atoms with E-state index in [9.17, 15) is 19.8 Å². The standard InChI is InChI=1S/2C11H20O2.Mo.2O/c2*1-10(2,3)8(12)7-9(13)11(4,5)6;;;/h2*7,12H,1-6H3;;;. The van der Waals surface area contributed by atoms with Crippen LogP contribution in [0.15, 0.2) is 23.7 Å². The maximum absolute atomic E-state index is 11.5. The van der Waals surface area contributed by atoms with Gasteiger partial charge >= 0.3 is 25.3 Å². The van der Waals surface area contributed by atoms with Gasteiger partial charge < -0.3 is 10.2 Å². The van der Waals surface area contributed by atoms with Crippen LogP contribution in [0.25, 0.3) is 0 Å². The van der Waals surface area contributed by atoms with Crippen LogP contribution in [0, 0.1) is 21.7 Å². The third-order valence-corrected chi connectivity index (χ3v) is 3.55. The van der Waals surface area contributed by atoms with Crippen molar-refractivity contribution < 1.29 is 45.1 Å². The Morgan fingerprint density at radius 2 is 0.724 bits per heavy atom. The van der Waals surface area contributed by atoms with Crippen molar-refractivity contribution in [1.82, 2.24) is 0 Å². The summed E-state index contributed by atoms with van der Waals surface area (Å²) in [6, 6.07) is 0. The van der Waals surface area contributed by atoms with Crippen LogP contribution in [0.4, 0.5) is 0 Å². The topological polar surface area (TPSA) is 109 Å². The first kappa shape index (κ1) is 32.4. The van der Waals surface area contributed by atoms with E-state index in [0.29, 0.717) is 0 Å². The molecule has 0 fully saturated rings. The van der Waals surface area contributed by atoms with Crippen molar-refractivity contribution >= 4 is 11.6 Å². The molecule has 0 aromatic carbocycles. The van der Waals surface area contributed by atoms with Crippen LogP contribution in [-0.4, -0.2) is 21.8 Å². The maximum atomic E-state index is 11.5. The predicted octanol–water partition coefficient (Wildman–Crippen LogP) is 5.94. The summed E-state index contributed by atoms with van der Waals surface area (Å²) >= 11 is -2.03. The molecule has 2 N–H and O–H groups in total. The van der Waals surface area contributed by atoms with E-state index in [0.717, 1.165) is 0 Å². The van der Waals surface area contributed by atoms with E-state index < -0.39 is 29.3 Å². The van der Waals surface area contributed by atoms with Gasteiger partial charge in [0.25, 0.3) is 0 Å². The van der Waals surface area contributed by atoms with Gasteiger partial charge in [0, 0.05) is 33.8 Å². The molecule has 0 aromatic rings. The number of aliphatic hydroxyl groups is 2. The van der Waals surface area contributed by atoms with Crippen LogP contribution < -0.4 is 0 Å². The van der Waals surface area contributed by atoms with Gasteiger partial charge in [-0.1, -0.05) is 83.1 Å². The molecule has 0 heterocycles. The zero-order chi connectivity index (χ0) is 24.4. The third-order valence-electron chi connectivity index (χ3n) is 3.55. The summed E-state index contributed by atoms with van der Waals surface area (Å²) in [5.41, 5.74) is -1.53. The molecule has 0 amide bonds. The molecular weight excluding hydrogens is 456 g/mol. The molecule has 0 aliphatic heterocycles. The molecular formula is C22H40MoO6. The first-order valence-corrected chi connectivity index (χ1v) is 11.0. The Kier molecular flexibility index (Phi) is 13.9. The van der Waals surface area contributed by atoms with Crippen LogP contribution in [0.5, 0.6) is 0 Å². The first-order valence-electron chi connectivity index (χ1n) is 9.34. The predicted molar refractivity (Wildman–Crippen MR) is 111 cm³/mol. The summed E-state index contributed by atoms with van der Waals surface area (Å²) in [6.07, 6.45) is 2.67. The van der Waals surface area contributed by atoms with Gasteiger partial charge in [0.05, 0.1) is 0 Å². The number of allylic oxidation sites excluding steroid dienone is 4. The number of carbonyl (C=O) groups excluding carboxylic acids is 2. The van der Waals surface area contributed by atoms with Gasteiger partial charge in [0.15, 0.2) is 11.6 Å². The van der Waals surface area contributed by atoms with Crippen LogP contribution >= 0.6 is 0 Å². The number of ketones is 2. The van der Waals surface area contributed by atoms with Crippen molar-refractivity contribution in [1.29, 1.82) is 0 Å². The molecule has 0 saturated heterocycles. The quantitative estimate of drug-likeness (QED) is 0.278. The Labute approximate surface area is 185 Å². The SMILES string of the molecule is CC(C)(C)C(=O)C=C(O)C(C)(C)C.CC(C)(C)C(=O)C=C(O)C(C)(C)C.[O]=[Mo]=[O]. The Balaban J connectivity index is -0.000000410. The summed E-state index contributed by atoms with van der Waals surface area (Å²) in [6.45, 7) is 22.2. The Bertz CT molecular complexity index is 587. The number of rotatable bonds is 2. The van der Waals surface area contributed by atoms with E-state index in [2.05, 4.69) is 0 Å². The zero-order valence-corrected chi connectivity index (χ0v) is 22.1. The average molecular weight is 496 g/mol. The van der Waals surface area contributed by atoms with Crippen molar-refractivity contribution in [3.05, 3.63) is 23.7 Å². The molecule has 6 nitrogen and oxygen atoms in total. The Hall–Kier alpha value is -1.29. The van der Waals surface area contributed by atoms with Crippen LogP contribution in [0.1, 0.15) is 83.1 Å². The van der Waals surface area contributed by atoms with E-state index >= 15 is 0 Å². The molecule has 0 bridgehead atoms. The molecule has 170 valence electrons. The molecule has 0 unspecified atom stereocenters. The van der Waals surface area contributed by atoms with Crippen LogP contribution in [-0.2, 0) is 34.9 Å². The summed E-state index contributed by atoms with van der Waals surface area (Å²) < 4.78 is 17.0. The normalized spacial score (nSPS) is 13.4. The minimum atomic E-state index is -2.03. The summed E-state index contributed by atoms with van der Waals surface area (Å²) in [5, 5.41) is 19.1. The number of carbonyl (C=O) groups is 2. The molecule has 29 heavy (non-hydrogen) atoms. The summed E-state index contributed by atoms with van der Waals surface area (Å²) in [4.78, 5) is 23.0. The monoisotopic (exact) mass is 498 g/mol. The van der Waals surface area contributed by atoms with Gasteiger partial charge in [-0.05, 0) is 0 Å². The minimum absolute atomic E-state index is 0.0417. The first-order chi connectivity index (χ1) is 12.5. The fourth-order valence-corrected chi connectivity index (χ4v) is 1.11. The van der Waals surface area contributed by atoms with Crippen molar-refractivity contribution in [2.75, 3.05) is 0 Å². The van der Waals surface area contributed by atoms with Crippen LogP contribution in [0.2, 0.25) is 0 Å². The molecule has 0 aliphatic rings. The second kappa shape index (κ2) is 12.4. The van der Waals surface area contributed by atoms with E-state index in [4.69, 9.17) is 6.80 Å². The van der Waals surface area contributed by atoms with Crippen molar-refractivity contribution in [2.45, 2.75) is 83.1 Å². The van der Waals surface area contributed by atoms with Gasteiger partial charge in [-0.25, -0.2) is 0 Å². The fraction of sp³-hybridized carbons (Fsp3) is 0.727. The van der Waals surface area contributed by atoms with E-state index in [1.807, 2.05) is 83.1 Å². The molecule has 7 heteroatoms. The molecule has 0 saturated carbocycles. The molecule has 0 atom stereocenters.